The van der Waals surface area contributed by atoms with Crippen molar-refractivity contribution in [2.24, 2.45) is 19.2 Å². The highest BCUT2D eigenvalue weighted by Gasteiger charge is 2.17. The fourth-order valence-corrected chi connectivity index (χ4v) is 3.53. The van der Waals surface area contributed by atoms with Gasteiger partial charge in [0.15, 0.2) is 0 Å². The van der Waals surface area contributed by atoms with Gasteiger partial charge in [0.2, 0.25) is 0 Å². The molecular formula is C23H21N11O2. The van der Waals surface area contributed by atoms with Crippen LogP contribution in [0.2, 0.25) is 0 Å². The predicted molar refractivity (Wildman–Crippen MR) is 129 cm³/mol. The molecule has 0 unspecified atom stereocenters. The first kappa shape index (κ1) is 22.7. The number of rotatable bonds is 4. The number of amides is 2. The van der Waals surface area contributed by atoms with Gasteiger partial charge in [0, 0.05) is 14.1 Å². The van der Waals surface area contributed by atoms with Gasteiger partial charge in [-0.1, -0.05) is 37.8 Å². The van der Waals surface area contributed by atoms with Gasteiger partial charge in [-0.05, 0) is 42.2 Å². The lowest BCUT2D eigenvalue weighted by Gasteiger charge is -2.38. The Balaban J connectivity index is 1.49. The number of hydrogen-bond acceptors (Lipinski definition) is 8. The number of hydrogen-bond donors (Lipinski definition) is 0. The van der Waals surface area contributed by atoms with Gasteiger partial charge in [0.1, 0.15) is 19.8 Å². The molecule has 13 heteroatoms. The van der Waals surface area contributed by atoms with Crippen LogP contribution in [-0.2, 0) is 14.1 Å². The smallest absolute Gasteiger partial charge is 0.367 e. The number of urea groups is 1. The third-order valence-corrected chi connectivity index (χ3v) is 5.32. The SMILES string of the molecule is CN1N=C(c2cccc(-c3cccc(-c4cccc(-c5nn(C)c(=O)[n+](C)n5)n4)n3)n2)[N-]N(C)C1=O. The summed E-state index contributed by atoms with van der Waals surface area (Å²) in [6, 6.07) is 16.1. The summed E-state index contributed by atoms with van der Waals surface area (Å²) in [6.07, 6.45) is 0. The summed E-state index contributed by atoms with van der Waals surface area (Å²) < 4.78 is 2.42. The number of carbonyl (C=O) groups excluding carboxylic acids is 1. The first-order valence-electron chi connectivity index (χ1n) is 10.9. The van der Waals surface area contributed by atoms with Gasteiger partial charge in [-0.3, -0.25) is 0 Å². The van der Waals surface area contributed by atoms with E-state index in [-0.39, 0.29) is 11.7 Å². The molecule has 4 aromatic rings. The van der Waals surface area contributed by atoms with E-state index in [0.717, 1.165) is 0 Å². The zero-order valence-electron chi connectivity index (χ0n) is 19.9. The third-order valence-electron chi connectivity index (χ3n) is 5.32. The normalized spacial score (nSPS) is 13.4. The van der Waals surface area contributed by atoms with E-state index in [2.05, 4.69) is 30.7 Å². The van der Waals surface area contributed by atoms with Crippen molar-refractivity contribution in [1.29, 1.82) is 0 Å². The van der Waals surface area contributed by atoms with Crippen LogP contribution in [-0.4, -0.2) is 65.8 Å². The molecule has 1 aliphatic rings. The summed E-state index contributed by atoms with van der Waals surface area (Å²) in [7, 11) is 6.24. The van der Waals surface area contributed by atoms with Gasteiger partial charge in [-0.25, -0.2) is 19.7 Å². The Bertz CT molecular complexity index is 1550. The van der Waals surface area contributed by atoms with E-state index in [9.17, 15) is 9.59 Å². The van der Waals surface area contributed by atoms with Crippen molar-refractivity contribution >= 4 is 11.9 Å². The summed E-state index contributed by atoms with van der Waals surface area (Å²) in [5, 5.41) is 15.0. The van der Waals surface area contributed by atoms with Crippen LogP contribution in [0.4, 0.5) is 4.79 Å². The number of aromatic nitrogens is 7. The van der Waals surface area contributed by atoms with Crippen molar-refractivity contribution in [3.8, 4) is 34.3 Å². The van der Waals surface area contributed by atoms with E-state index in [4.69, 9.17) is 4.98 Å². The monoisotopic (exact) mass is 483 g/mol. The minimum atomic E-state index is -0.337. The highest BCUT2D eigenvalue weighted by Crippen LogP contribution is 2.23. The molecule has 0 saturated heterocycles. The molecule has 13 nitrogen and oxygen atoms in total. The highest BCUT2D eigenvalue weighted by atomic mass is 16.2. The quantitative estimate of drug-likeness (QED) is 0.396. The van der Waals surface area contributed by atoms with Crippen LogP contribution < -0.4 is 10.4 Å². The van der Waals surface area contributed by atoms with E-state index in [0.29, 0.717) is 45.8 Å². The Morgan fingerprint density at radius 1 is 0.750 bits per heavy atom. The molecule has 2 amide bonds. The largest absolute Gasteiger partial charge is 0.539 e. The number of carbonyl (C=O) groups is 1. The van der Waals surface area contributed by atoms with Crippen LogP contribution in [0, 0.1) is 0 Å². The molecule has 0 N–H and O–H groups in total. The molecule has 0 atom stereocenters. The van der Waals surface area contributed by atoms with Crippen LogP contribution in [0.15, 0.2) is 64.5 Å². The van der Waals surface area contributed by atoms with E-state index < -0.39 is 0 Å². The molecule has 36 heavy (non-hydrogen) atoms. The summed E-state index contributed by atoms with van der Waals surface area (Å²) in [4.78, 5) is 37.9. The average Bonchev–Trinajstić information content (AvgIpc) is 2.90. The van der Waals surface area contributed by atoms with Crippen LogP contribution in [0.25, 0.3) is 39.7 Å². The van der Waals surface area contributed by atoms with Gasteiger partial charge >= 0.3 is 11.7 Å². The van der Waals surface area contributed by atoms with Crippen molar-refractivity contribution < 1.29 is 9.48 Å². The lowest BCUT2D eigenvalue weighted by atomic mass is 10.1. The molecular weight excluding hydrogens is 462 g/mol. The zero-order valence-corrected chi connectivity index (χ0v) is 19.9. The maximum Gasteiger partial charge on any atom is 0.539 e. The Labute approximate surface area is 205 Å². The second-order valence-electron chi connectivity index (χ2n) is 7.93. The Hall–Kier alpha value is -5.07. The molecule has 4 aromatic heterocycles. The minimum absolute atomic E-state index is 0.317. The van der Waals surface area contributed by atoms with Gasteiger partial charge < -0.3 is 20.5 Å². The summed E-state index contributed by atoms with van der Waals surface area (Å²) >= 11 is 0. The summed E-state index contributed by atoms with van der Waals surface area (Å²) in [5.74, 6) is 0.634. The Morgan fingerprint density at radius 3 is 1.81 bits per heavy atom. The molecule has 180 valence electrons. The molecule has 5 heterocycles. The molecule has 0 saturated carbocycles. The fraction of sp³-hybridized carbons (Fsp3) is 0.174. The third kappa shape index (κ3) is 4.24. The minimum Gasteiger partial charge on any atom is -0.367 e. The van der Waals surface area contributed by atoms with Crippen LogP contribution in [0.3, 0.4) is 0 Å². The maximum absolute atomic E-state index is 11.9. The van der Waals surface area contributed by atoms with Crippen LogP contribution in [0.5, 0.6) is 0 Å². The average molecular weight is 483 g/mol. The van der Waals surface area contributed by atoms with Gasteiger partial charge in [-0.15, -0.1) is 0 Å². The molecule has 1 aliphatic heterocycles. The summed E-state index contributed by atoms with van der Waals surface area (Å²) in [5.41, 5.74) is 7.35. The lowest BCUT2D eigenvalue weighted by molar-refractivity contribution is -0.749. The fourth-order valence-electron chi connectivity index (χ4n) is 3.53. The van der Waals surface area contributed by atoms with Crippen LogP contribution in [0.1, 0.15) is 5.69 Å². The van der Waals surface area contributed by atoms with Crippen molar-refractivity contribution in [2.75, 3.05) is 14.1 Å². The number of pyridine rings is 3. The molecule has 0 bridgehead atoms. The van der Waals surface area contributed by atoms with Crippen molar-refractivity contribution in [3.05, 3.63) is 76.2 Å². The predicted octanol–water partition coefficient (Wildman–Crippen LogP) is 1.13. The van der Waals surface area contributed by atoms with Gasteiger partial charge in [-0.2, -0.15) is 4.79 Å². The molecule has 0 aromatic carbocycles. The van der Waals surface area contributed by atoms with E-state index in [1.807, 2.05) is 42.5 Å². The van der Waals surface area contributed by atoms with Gasteiger partial charge in [0.25, 0.3) is 5.82 Å². The number of hydrazone groups is 1. The first-order chi connectivity index (χ1) is 17.3. The second kappa shape index (κ2) is 8.94. The first-order valence-corrected chi connectivity index (χ1v) is 10.9. The number of aryl methyl sites for hydroxylation is 2. The van der Waals surface area contributed by atoms with Crippen molar-refractivity contribution in [3.63, 3.8) is 0 Å². The Morgan fingerprint density at radius 2 is 1.25 bits per heavy atom. The van der Waals surface area contributed by atoms with Gasteiger partial charge in [0.05, 0.1) is 28.5 Å². The molecule has 0 fully saturated rings. The lowest BCUT2D eigenvalue weighted by Crippen LogP contribution is -2.55. The van der Waals surface area contributed by atoms with Crippen LogP contribution >= 0.6 is 0 Å². The molecule has 5 rings (SSSR count). The Kier molecular flexibility index (Phi) is 5.64. The molecule has 0 radical (unpaired) electrons. The molecule has 0 aliphatic carbocycles. The van der Waals surface area contributed by atoms with E-state index in [1.54, 1.807) is 40.3 Å². The summed E-state index contributed by atoms with van der Waals surface area (Å²) in [6.45, 7) is 0. The highest BCUT2D eigenvalue weighted by molar-refractivity contribution is 6.09. The van der Waals surface area contributed by atoms with Crippen molar-refractivity contribution in [1.82, 2.24) is 39.8 Å². The standard InChI is InChI=1S/C23H21N11O2/c1-31-22(35)32(2)28-20(27-31)18-12-6-10-16(25-18)14-8-5-9-15(24-14)17-11-7-13-19(26-17)21-29-33(3)23(36)34(4)30-21/h5-13H,1-4H3. The second-order valence-corrected chi connectivity index (χ2v) is 7.93. The number of nitrogens with zero attached hydrogens (tertiary/aromatic N) is 11. The van der Waals surface area contributed by atoms with E-state index >= 15 is 0 Å². The maximum atomic E-state index is 11.9. The molecule has 0 spiro atoms. The number of amidine groups is 1. The van der Waals surface area contributed by atoms with E-state index in [1.165, 1.54) is 19.4 Å². The topological polar surface area (TPSA) is 140 Å². The zero-order chi connectivity index (χ0) is 25.4. The van der Waals surface area contributed by atoms with Crippen molar-refractivity contribution in [2.45, 2.75) is 0 Å².